The van der Waals surface area contributed by atoms with Gasteiger partial charge in [0.15, 0.2) is 0 Å². The van der Waals surface area contributed by atoms with Crippen LogP contribution >= 0.6 is 0 Å². The van der Waals surface area contributed by atoms with Gasteiger partial charge < -0.3 is 9.64 Å². The highest BCUT2D eigenvalue weighted by molar-refractivity contribution is 5.20. The molecule has 2 heterocycles. The van der Waals surface area contributed by atoms with Crippen LogP contribution in [-0.2, 0) is 6.54 Å². The third kappa shape index (κ3) is 4.58. The maximum Gasteiger partial charge on any atom is 0.119 e. The topological polar surface area (TPSA) is 44.4 Å². The molecule has 22 heavy (non-hydrogen) atoms. The van der Waals surface area contributed by atoms with Crippen LogP contribution in [0.5, 0.6) is 5.75 Å². The van der Waals surface area contributed by atoms with E-state index >= 15 is 0 Å². The number of H-pyrrole nitrogens is 1. The summed E-state index contributed by atoms with van der Waals surface area (Å²) >= 11 is 0. The van der Waals surface area contributed by atoms with Crippen LogP contribution in [0.15, 0.2) is 42.7 Å². The van der Waals surface area contributed by atoms with Gasteiger partial charge in [-0.15, -0.1) is 0 Å². The van der Waals surface area contributed by atoms with Crippen molar-refractivity contribution in [1.82, 2.24) is 20.0 Å². The molecule has 1 fully saturated rings. The number of rotatable bonds is 7. The Morgan fingerprint density at radius 2 is 1.82 bits per heavy atom. The molecular weight excluding hydrogens is 276 g/mol. The van der Waals surface area contributed by atoms with Crippen molar-refractivity contribution in [2.45, 2.75) is 13.0 Å². The molecule has 118 valence electrons. The molecule has 0 spiro atoms. The van der Waals surface area contributed by atoms with Crippen molar-refractivity contribution in [2.75, 3.05) is 39.3 Å². The fraction of sp³-hybridized carbons (Fsp3) is 0.471. The molecule has 1 N–H and O–H groups in total. The predicted octanol–water partition coefficient (Wildman–Crippen LogP) is 2.00. The largest absolute Gasteiger partial charge is 0.494 e. The summed E-state index contributed by atoms with van der Waals surface area (Å²) in [6.07, 6.45) is 4.97. The Labute approximate surface area is 131 Å². The Hall–Kier alpha value is -1.85. The number of hydrogen-bond acceptors (Lipinski definition) is 4. The lowest BCUT2D eigenvalue weighted by molar-refractivity contribution is 0.121. The van der Waals surface area contributed by atoms with Crippen molar-refractivity contribution in [1.29, 1.82) is 0 Å². The molecular formula is C17H24N4O. The van der Waals surface area contributed by atoms with Crippen molar-refractivity contribution in [3.8, 4) is 5.75 Å². The minimum atomic E-state index is 0.791. The Morgan fingerprint density at radius 3 is 2.55 bits per heavy atom. The lowest BCUT2D eigenvalue weighted by Gasteiger charge is -2.34. The molecule has 1 aromatic carbocycles. The van der Waals surface area contributed by atoms with E-state index in [0.29, 0.717) is 0 Å². The Kier molecular flexibility index (Phi) is 5.45. The van der Waals surface area contributed by atoms with Gasteiger partial charge in [0.25, 0.3) is 0 Å². The number of aromatic nitrogens is 2. The molecule has 2 aromatic rings. The van der Waals surface area contributed by atoms with Crippen molar-refractivity contribution in [3.63, 3.8) is 0 Å². The van der Waals surface area contributed by atoms with Gasteiger partial charge in [-0.05, 0) is 18.6 Å². The first-order valence-corrected chi connectivity index (χ1v) is 8.00. The van der Waals surface area contributed by atoms with Gasteiger partial charge in [0.2, 0.25) is 0 Å². The van der Waals surface area contributed by atoms with E-state index in [1.165, 1.54) is 5.56 Å². The predicted molar refractivity (Wildman–Crippen MR) is 86.9 cm³/mol. The maximum absolute atomic E-state index is 5.74. The summed E-state index contributed by atoms with van der Waals surface area (Å²) in [5.41, 5.74) is 1.27. The van der Waals surface area contributed by atoms with E-state index in [4.69, 9.17) is 4.74 Å². The number of para-hydroxylation sites is 1. The molecule has 0 amide bonds. The Morgan fingerprint density at radius 1 is 1.05 bits per heavy atom. The van der Waals surface area contributed by atoms with Crippen LogP contribution in [-0.4, -0.2) is 59.3 Å². The van der Waals surface area contributed by atoms with Gasteiger partial charge in [-0.2, -0.15) is 5.10 Å². The van der Waals surface area contributed by atoms with Crippen molar-refractivity contribution >= 4 is 0 Å². The fourth-order valence-electron chi connectivity index (χ4n) is 2.79. The molecule has 1 aliphatic rings. The normalized spacial score (nSPS) is 16.7. The second-order valence-corrected chi connectivity index (χ2v) is 5.74. The molecule has 3 rings (SSSR count). The highest BCUT2D eigenvalue weighted by Gasteiger charge is 2.16. The molecule has 5 heteroatoms. The van der Waals surface area contributed by atoms with Gasteiger partial charge >= 0.3 is 0 Å². The van der Waals surface area contributed by atoms with Gasteiger partial charge in [-0.25, -0.2) is 0 Å². The minimum absolute atomic E-state index is 0.791. The quantitative estimate of drug-likeness (QED) is 0.794. The van der Waals surface area contributed by atoms with Crippen LogP contribution in [0.3, 0.4) is 0 Å². The van der Waals surface area contributed by atoms with E-state index in [9.17, 15) is 0 Å². The molecule has 0 atom stereocenters. The third-order valence-electron chi connectivity index (χ3n) is 4.06. The van der Waals surface area contributed by atoms with Crippen LogP contribution in [0.2, 0.25) is 0 Å². The van der Waals surface area contributed by atoms with Crippen LogP contribution in [0.1, 0.15) is 12.0 Å². The van der Waals surface area contributed by atoms with Gasteiger partial charge in [0.1, 0.15) is 5.75 Å². The number of ether oxygens (including phenoxy) is 1. The Balaban J connectivity index is 1.29. The second kappa shape index (κ2) is 7.96. The van der Waals surface area contributed by atoms with Crippen molar-refractivity contribution in [3.05, 3.63) is 48.3 Å². The summed E-state index contributed by atoms with van der Waals surface area (Å²) in [5.74, 6) is 0.965. The van der Waals surface area contributed by atoms with Crippen molar-refractivity contribution < 1.29 is 4.74 Å². The van der Waals surface area contributed by atoms with E-state index in [-0.39, 0.29) is 0 Å². The van der Waals surface area contributed by atoms with Crippen LogP contribution in [0, 0.1) is 0 Å². The first-order chi connectivity index (χ1) is 10.9. The van der Waals surface area contributed by atoms with Gasteiger partial charge in [0.05, 0.1) is 12.8 Å². The molecule has 0 aliphatic carbocycles. The second-order valence-electron chi connectivity index (χ2n) is 5.74. The van der Waals surface area contributed by atoms with Crippen LogP contribution in [0.25, 0.3) is 0 Å². The lowest BCUT2D eigenvalue weighted by Crippen LogP contribution is -2.46. The molecule has 1 aliphatic heterocycles. The standard InChI is InChI=1S/C17H24N4O/c1-2-5-17(6-3-1)22-12-4-7-20-8-10-21(11-9-20)15-16-13-18-19-14-16/h1-3,5-6,13-14H,4,7-12,15H2,(H,18,19). The SMILES string of the molecule is c1ccc(OCCCN2CCN(Cc3cn[nH]c3)CC2)cc1. The minimum Gasteiger partial charge on any atom is -0.494 e. The summed E-state index contributed by atoms with van der Waals surface area (Å²) < 4.78 is 5.74. The molecule has 0 bridgehead atoms. The zero-order chi connectivity index (χ0) is 15.0. The molecule has 1 saturated heterocycles. The summed E-state index contributed by atoms with van der Waals surface area (Å²) in [6.45, 7) is 7.45. The van der Waals surface area contributed by atoms with E-state index in [1.54, 1.807) is 0 Å². The zero-order valence-corrected chi connectivity index (χ0v) is 12.9. The number of nitrogens with one attached hydrogen (secondary N) is 1. The number of benzene rings is 1. The van der Waals surface area contributed by atoms with E-state index in [1.807, 2.05) is 42.7 Å². The van der Waals surface area contributed by atoms with Gasteiger partial charge in [-0.3, -0.25) is 10.00 Å². The summed E-state index contributed by atoms with van der Waals surface area (Å²) in [5, 5.41) is 6.88. The van der Waals surface area contributed by atoms with E-state index < -0.39 is 0 Å². The van der Waals surface area contributed by atoms with Gasteiger partial charge in [0, 0.05) is 51.0 Å². The molecule has 0 radical (unpaired) electrons. The highest BCUT2D eigenvalue weighted by atomic mass is 16.5. The summed E-state index contributed by atoms with van der Waals surface area (Å²) in [7, 11) is 0. The summed E-state index contributed by atoms with van der Waals surface area (Å²) in [4.78, 5) is 5.02. The smallest absolute Gasteiger partial charge is 0.119 e. The first kappa shape index (κ1) is 15.1. The fourth-order valence-corrected chi connectivity index (χ4v) is 2.79. The molecule has 0 unspecified atom stereocenters. The average Bonchev–Trinajstić information content (AvgIpc) is 3.07. The number of aromatic amines is 1. The van der Waals surface area contributed by atoms with E-state index in [2.05, 4.69) is 20.0 Å². The molecule has 1 aromatic heterocycles. The first-order valence-electron chi connectivity index (χ1n) is 8.00. The van der Waals surface area contributed by atoms with Crippen LogP contribution < -0.4 is 4.74 Å². The maximum atomic E-state index is 5.74. The lowest BCUT2D eigenvalue weighted by atomic mass is 10.2. The van der Waals surface area contributed by atoms with E-state index in [0.717, 1.165) is 58.0 Å². The molecule has 0 saturated carbocycles. The van der Waals surface area contributed by atoms with Crippen LogP contribution in [0.4, 0.5) is 0 Å². The Bertz CT molecular complexity index is 521. The monoisotopic (exact) mass is 300 g/mol. The third-order valence-corrected chi connectivity index (χ3v) is 4.06. The average molecular weight is 300 g/mol. The number of nitrogens with zero attached hydrogens (tertiary/aromatic N) is 3. The van der Waals surface area contributed by atoms with Gasteiger partial charge in [-0.1, -0.05) is 18.2 Å². The molecule has 5 nitrogen and oxygen atoms in total. The summed E-state index contributed by atoms with van der Waals surface area (Å²) in [6, 6.07) is 10.0. The number of piperazine rings is 1. The van der Waals surface area contributed by atoms with Crippen molar-refractivity contribution in [2.24, 2.45) is 0 Å². The number of hydrogen-bond donors (Lipinski definition) is 1. The highest BCUT2D eigenvalue weighted by Crippen LogP contribution is 2.10. The zero-order valence-electron chi connectivity index (χ0n) is 12.9.